The highest BCUT2D eigenvalue weighted by molar-refractivity contribution is 7.22. The number of nitrogens with zero attached hydrogens (tertiary/aromatic N) is 2. The molecule has 198 valence electrons. The Bertz CT molecular complexity index is 1290. The monoisotopic (exact) mass is 519 g/mol. The standard InChI is InChI=1S/C31H41N3O2S/c1-17-14-24-25(15-18(17)2)37-29(32-24)33-26(35)16-20-7-8-22-21-13-19(3)28-31(5,12-10-27(36)34(28)6)23(21)9-11-30(20,22)4/h14-15,20-23H,7-13,16H2,1-6H3,(H,32,33,35)/t20?,21-,22-,23-,30+,31+/m0/s1. The maximum Gasteiger partial charge on any atom is 0.226 e. The highest BCUT2D eigenvalue weighted by Crippen LogP contribution is 2.67. The van der Waals surface area contributed by atoms with Crippen molar-refractivity contribution in [3.63, 3.8) is 0 Å². The average molecular weight is 520 g/mol. The van der Waals surface area contributed by atoms with Crippen molar-refractivity contribution in [2.75, 3.05) is 12.4 Å². The van der Waals surface area contributed by atoms with Crippen molar-refractivity contribution < 1.29 is 9.59 Å². The van der Waals surface area contributed by atoms with Crippen molar-refractivity contribution in [1.29, 1.82) is 0 Å². The molecule has 1 saturated heterocycles. The molecular weight excluding hydrogens is 478 g/mol. The molecule has 1 aliphatic heterocycles. The van der Waals surface area contributed by atoms with E-state index in [1.54, 1.807) is 11.3 Å². The van der Waals surface area contributed by atoms with Gasteiger partial charge in [0.2, 0.25) is 11.8 Å². The van der Waals surface area contributed by atoms with Gasteiger partial charge in [-0.15, -0.1) is 0 Å². The maximum atomic E-state index is 13.2. The Morgan fingerprint density at radius 3 is 2.65 bits per heavy atom. The van der Waals surface area contributed by atoms with Gasteiger partial charge in [-0.2, -0.15) is 0 Å². The van der Waals surface area contributed by atoms with Crippen LogP contribution in [0.1, 0.15) is 83.3 Å². The van der Waals surface area contributed by atoms with Crippen LogP contribution < -0.4 is 5.32 Å². The first kappa shape index (κ1) is 25.1. The van der Waals surface area contributed by atoms with Crippen LogP contribution in [0.4, 0.5) is 5.13 Å². The molecule has 37 heavy (non-hydrogen) atoms. The number of carbonyl (C=O) groups is 2. The third-order valence-electron chi connectivity index (χ3n) is 11.2. The number of nitrogens with one attached hydrogen (secondary N) is 1. The third-order valence-corrected chi connectivity index (χ3v) is 12.1. The zero-order valence-electron chi connectivity index (χ0n) is 23.2. The Morgan fingerprint density at radius 2 is 1.86 bits per heavy atom. The molecular formula is C31H41N3O2S. The van der Waals surface area contributed by atoms with Crippen LogP contribution in [0.15, 0.2) is 23.4 Å². The number of benzene rings is 1. The number of likely N-dealkylation sites (tertiary alicyclic amines) is 1. The number of piperidine rings is 1. The van der Waals surface area contributed by atoms with Crippen molar-refractivity contribution >= 4 is 38.5 Å². The number of thiazole rings is 1. The topological polar surface area (TPSA) is 62.3 Å². The molecule has 5 nitrogen and oxygen atoms in total. The van der Waals surface area contributed by atoms with E-state index in [1.807, 2.05) is 11.9 Å². The summed E-state index contributed by atoms with van der Waals surface area (Å²) in [4.78, 5) is 32.5. The number of hydrogen-bond donors (Lipinski definition) is 1. The van der Waals surface area contributed by atoms with Crippen molar-refractivity contribution in [2.45, 2.75) is 86.0 Å². The first-order chi connectivity index (χ1) is 17.5. The summed E-state index contributed by atoms with van der Waals surface area (Å²) in [5.74, 6) is 2.78. The minimum Gasteiger partial charge on any atom is -0.319 e. The zero-order chi connectivity index (χ0) is 26.3. The number of rotatable bonds is 3. The van der Waals surface area contributed by atoms with Crippen molar-refractivity contribution in [2.24, 2.45) is 34.5 Å². The quantitative estimate of drug-likeness (QED) is 0.465. The Hall–Kier alpha value is -2.21. The molecule has 4 aliphatic rings. The third kappa shape index (κ3) is 3.80. The van der Waals surface area contributed by atoms with Crippen LogP contribution >= 0.6 is 11.3 Å². The molecule has 0 bridgehead atoms. The first-order valence-electron chi connectivity index (χ1n) is 14.2. The number of aromatic nitrogens is 1. The lowest BCUT2D eigenvalue weighted by molar-refractivity contribution is -0.136. The molecule has 3 fully saturated rings. The number of hydrogen-bond acceptors (Lipinski definition) is 4. The molecule has 1 aromatic carbocycles. The van der Waals surface area contributed by atoms with E-state index in [1.165, 1.54) is 41.7 Å². The lowest BCUT2D eigenvalue weighted by Crippen LogP contribution is -2.54. The minimum absolute atomic E-state index is 0.107. The summed E-state index contributed by atoms with van der Waals surface area (Å²) in [7, 11) is 1.99. The van der Waals surface area contributed by atoms with E-state index >= 15 is 0 Å². The van der Waals surface area contributed by atoms with E-state index in [4.69, 9.17) is 4.98 Å². The van der Waals surface area contributed by atoms with E-state index in [2.05, 4.69) is 52.1 Å². The van der Waals surface area contributed by atoms with Crippen LogP contribution in [0.2, 0.25) is 0 Å². The highest BCUT2D eigenvalue weighted by Gasteiger charge is 2.60. The van der Waals surface area contributed by atoms with E-state index in [9.17, 15) is 9.59 Å². The van der Waals surface area contributed by atoms with Gasteiger partial charge in [-0.3, -0.25) is 9.59 Å². The molecule has 1 N–H and O–H groups in total. The molecule has 2 amide bonds. The summed E-state index contributed by atoms with van der Waals surface area (Å²) >= 11 is 1.58. The van der Waals surface area contributed by atoms with Crippen molar-refractivity contribution in [1.82, 2.24) is 9.88 Å². The van der Waals surface area contributed by atoms with Crippen molar-refractivity contribution in [3.8, 4) is 0 Å². The second-order valence-corrected chi connectivity index (χ2v) is 14.1. The van der Waals surface area contributed by atoms with Gasteiger partial charge in [0.05, 0.1) is 10.2 Å². The molecule has 1 aromatic heterocycles. The molecule has 0 spiro atoms. The fraction of sp³-hybridized carbons (Fsp3) is 0.645. The fourth-order valence-corrected chi connectivity index (χ4v) is 10.1. The average Bonchev–Trinajstić information content (AvgIpc) is 3.36. The van der Waals surface area contributed by atoms with Crippen molar-refractivity contribution in [3.05, 3.63) is 34.5 Å². The van der Waals surface area contributed by atoms with E-state index < -0.39 is 0 Å². The molecule has 6 atom stereocenters. The van der Waals surface area contributed by atoms with Gasteiger partial charge in [-0.25, -0.2) is 4.98 Å². The summed E-state index contributed by atoms with van der Waals surface area (Å²) in [6.45, 7) is 11.4. The van der Waals surface area contributed by atoms with Crippen LogP contribution in [-0.4, -0.2) is 28.7 Å². The van der Waals surface area contributed by atoms with E-state index in [0.717, 1.165) is 34.6 Å². The number of amides is 2. The smallest absolute Gasteiger partial charge is 0.226 e. The second-order valence-electron chi connectivity index (χ2n) is 13.1. The summed E-state index contributed by atoms with van der Waals surface area (Å²) in [6.07, 6.45) is 8.12. The Kier molecular flexibility index (Phi) is 5.87. The molecule has 0 radical (unpaired) electrons. The summed E-state index contributed by atoms with van der Waals surface area (Å²) in [5.41, 5.74) is 6.53. The summed E-state index contributed by atoms with van der Waals surface area (Å²) in [6, 6.07) is 4.29. The number of anilines is 1. The minimum atomic E-state index is 0.107. The van der Waals surface area contributed by atoms with Gasteiger partial charge in [-0.1, -0.05) is 30.8 Å². The van der Waals surface area contributed by atoms with Gasteiger partial charge in [0, 0.05) is 31.0 Å². The number of aryl methyl sites for hydroxylation is 2. The van der Waals surface area contributed by atoms with Gasteiger partial charge < -0.3 is 10.2 Å². The number of allylic oxidation sites excluding steroid dienone is 2. The lowest BCUT2D eigenvalue weighted by Gasteiger charge is -2.59. The van der Waals surface area contributed by atoms with Gasteiger partial charge in [0.15, 0.2) is 5.13 Å². The van der Waals surface area contributed by atoms with E-state index in [-0.39, 0.29) is 22.6 Å². The largest absolute Gasteiger partial charge is 0.319 e. The maximum absolute atomic E-state index is 13.2. The predicted molar refractivity (Wildman–Crippen MR) is 150 cm³/mol. The Balaban J connectivity index is 1.19. The lowest BCUT2D eigenvalue weighted by atomic mass is 9.48. The van der Waals surface area contributed by atoms with Crippen LogP contribution in [0, 0.1) is 48.3 Å². The number of carbonyl (C=O) groups excluding carboxylic acids is 2. The molecule has 2 saturated carbocycles. The molecule has 2 aromatic rings. The zero-order valence-corrected chi connectivity index (χ0v) is 24.1. The molecule has 6 heteroatoms. The molecule has 6 rings (SSSR count). The van der Waals surface area contributed by atoms with Gasteiger partial charge >= 0.3 is 0 Å². The van der Waals surface area contributed by atoms with E-state index in [0.29, 0.717) is 36.5 Å². The van der Waals surface area contributed by atoms with Crippen LogP contribution in [0.25, 0.3) is 10.2 Å². The molecule has 3 aliphatic carbocycles. The SMILES string of the molecule is CC1=C2N(C)C(=O)CC[C@]2(C)[C@H]2CC[C@]3(C)C(CC(=O)Nc4nc5cc(C)c(C)cc5s4)CC[C@H]3[C@@H]2C1. The number of fused-ring (bicyclic) bond motifs is 6. The summed E-state index contributed by atoms with van der Waals surface area (Å²) in [5, 5.41) is 3.87. The van der Waals surface area contributed by atoms with Gasteiger partial charge in [0.25, 0.3) is 0 Å². The van der Waals surface area contributed by atoms with Crippen LogP contribution in [0.3, 0.4) is 0 Å². The molecule has 1 unspecified atom stereocenters. The van der Waals surface area contributed by atoms with Gasteiger partial charge in [-0.05, 0) is 112 Å². The summed E-state index contributed by atoms with van der Waals surface area (Å²) < 4.78 is 1.13. The first-order valence-corrected chi connectivity index (χ1v) is 15.0. The predicted octanol–water partition coefficient (Wildman–Crippen LogP) is 7.24. The fourth-order valence-electron chi connectivity index (χ4n) is 9.18. The van der Waals surface area contributed by atoms with Crippen LogP contribution in [-0.2, 0) is 9.59 Å². The Labute approximate surface area is 225 Å². The Morgan fingerprint density at radius 1 is 1.11 bits per heavy atom. The van der Waals surface area contributed by atoms with Crippen LogP contribution in [0.5, 0.6) is 0 Å². The normalized spacial score (nSPS) is 35.4. The second kappa shape index (κ2) is 8.65. The highest BCUT2D eigenvalue weighted by atomic mass is 32.1. The van der Waals surface area contributed by atoms with Gasteiger partial charge in [0.1, 0.15) is 0 Å². The molecule has 2 heterocycles.